The molecule has 2 rings (SSSR count). The molecule has 124 valence electrons. The first kappa shape index (κ1) is 18.3. The average Bonchev–Trinajstić information content (AvgIpc) is 2.50. The van der Waals surface area contributed by atoms with Gasteiger partial charge in [-0.2, -0.15) is 11.8 Å². The van der Waals surface area contributed by atoms with Gasteiger partial charge in [-0.15, -0.1) is 0 Å². The Labute approximate surface area is 145 Å². The van der Waals surface area contributed by atoms with E-state index in [1.807, 2.05) is 6.92 Å². The number of hydrogen-bond donors (Lipinski definition) is 1. The van der Waals surface area contributed by atoms with E-state index >= 15 is 0 Å². The van der Waals surface area contributed by atoms with Crippen molar-refractivity contribution in [3.8, 4) is 0 Å². The maximum Gasteiger partial charge on any atom is 0.240 e. The van der Waals surface area contributed by atoms with Crippen molar-refractivity contribution in [2.75, 3.05) is 12.3 Å². The zero-order chi connectivity index (χ0) is 16.9. The quantitative estimate of drug-likeness (QED) is 0.746. The Morgan fingerprint density at radius 1 is 1.17 bits per heavy atom. The predicted octanol–water partition coefficient (Wildman–Crippen LogP) is 4.00. The van der Waals surface area contributed by atoms with Gasteiger partial charge in [-0.1, -0.05) is 35.4 Å². The van der Waals surface area contributed by atoms with Crippen molar-refractivity contribution in [3.05, 3.63) is 64.4 Å². The molecule has 0 fully saturated rings. The van der Waals surface area contributed by atoms with Crippen LogP contribution >= 0.6 is 23.4 Å². The molecule has 0 saturated heterocycles. The summed E-state index contributed by atoms with van der Waals surface area (Å²) in [6.45, 7) is 2.17. The number of nitrogens with one attached hydrogen (secondary N) is 1. The zero-order valence-electron chi connectivity index (χ0n) is 12.6. The van der Waals surface area contributed by atoms with Crippen LogP contribution in [0.3, 0.4) is 0 Å². The van der Waals surface area contributed by atoms with Crippen molar-refractivity contribution >= 4 is 33.4 Å². The summed E-state index contributed by atoms with van der Waals surface area (Å²) in [5.74, 6) is 0.582. The van der Waals surface area contributed by atoms with Crippen molar-refractivity contribution in [3.63, 3.8) is 0 Å². The number of hydrogen-bond acceptors (Lipinski definition) is 3. The van der Waals surface area contributed by atoms with Crippen LogP contribution in [0.15, 0.2) is 47.4 Å². The van der Waals surface area contributed by atoms with Gasteiger partial charge in [0.2, 0.25) is 10.0 Å². The van der Waals surface area contributed by atoms with Crippen LogP contribution in [-0.4, -0.2) is 20.7 Å². The summed E-state index contributed by atoms with van der Waals surface area (Å²) in [6.07, 6.45) is 0. The van der Waals surface area contributed by atoms with Gasteiger partial charge in [0.05, 0.1) is 4.90 Å². The Balaban J connectivity index is 1.82. The first-order valence-electron chi connectivity index (χ1n) is 6.97. The van der Waals surface area contributed by atoms with Gasteiger partial charge in [0.15, 0.2) is 0 Å². The molecule has 0 unspecified atom stereocenters. The summed E-state index contributed by atoms with van der Waals surface area (Å²) in [6, 6.07) is 11.2. The van der Waals surface area contributed by atoms with Crippen LogP contribution < -0.4 is 4.72 Å². The Bertz CT molecular complexity index is 744. The lowest BCUT2D eigenvalue weighted by Crippen LogP contribution is -2.26. The van der Waals surface area contributed by atoms with E-state index in [1.54, 1.807) is 36.4 Å². The molecule has 0 radical (unpaired) electrons. The zero-order valence-corrected chi connectivity index (χ0v) is 14.9. The molecule has 0 aliphatic carbocycles. The van der Waals surface area contributed by atoms with Gasteiger partial charge in [-0.25, -0.2) is 17.5 Å². The summed E-state index contributed by atoms with van der Waals surface area (Å²) >= 11 is 7.36. The Hall–Kier alpha value is -1.08. The number of rotatable bonds is 7. The molecular formula is C16H17ClFNO2S2. The largest absolute Gasteiger partial charge is 0.240 e. The second-order valence-electron chi connectivity index (χ2n) is 4.96. The number of thioether (sulfide) groups is 1. The third-order valence-corrected chi connectivity index (χ3v) is 5.99. The maximum absolute atomic E-state index is 13.6. The number of sulfonamides is 1. The first-order valence-corrected chi connectivity index (χ1v) is 9.99. The molecule has 0 heterocycles. The Morgan fingerprint density at radius 2 is 1.87 bits per heavy atom. The number of benzene rings is 2. The van der Waals surface area contributed by atoms with E-state index in [9.17, 15) is 12.8 Å². The molecule has 0 aromatic heterocycles. The first-order chi connectivity index (χ1) is 10.9. The molecule has 0 saturated carbocycles. The normalized spacial score (nSPS) is 11.6. The van der Waals surface area contributed by atoms with Crippen molar-refractivity contribution in [2.24, 2.45) is 0 Å². The fraction of sp³-hybridized carbons (Fsp3) is 0.250. The second-order valence-corrected chi connectivity index (χ2v) is 8.24. The minimum absolute atomic E-state index is 0.241. The standard InChI is InChI=1S/C16H17ClFNO2S2/c1-12-5-7-13(8-6-12)23(20,21)19-9-10-22-11-14-15(17)3-2-4-16(14)18/h2-8,19H,9-11H2,1H3. The highest BCUT2D eigenvalue weighted by Crippen LogP contribution is 2.23. The van der Waals surface area contributed by atoms with Gasteiger partial charge in [0.1, 0.15) is 5.82 Å². The molecule has 23 heavy (non-hydrogen) atoms. The fourth-order valence-corrected chi connectivity index (χ4v) is 4.25. The minimum atomic E-state index is -3.50. The lowest BCUT2D eigenvalue weighted by Gasteiger charge is -2.08. The average molecular weight is 374 g/mol. The molecule has 1 N–H and O–H groups in total. The number of aryl methyl sites for hydroxylation is 1. The molecule has 2 aromatic rings. The molecule has 2 aromatic carbocycles. The van der Waals surface area contributed by atoms with E-state index in [0.717, 1.165) is 5.56 Å². The van der Waals surface area contributed by atoms with Crippen molar-refractivity contribution in [2.45, 2.75) is 17.6 Å². The fourth-order valence-electron chi connectivity index (χ4n) is 1.89. The summed E-state index contributed by atoms with van der Waals surface area (Å²) in [4.78, 5) is 0.241. The molecule has 0 aliphatic rings. The maximum atomic E-state index is 13.6. The van der Waals surface area contributed by atoms with E-state index in [-0.39, 0.29) is 17.3 Å². The van der Waals surface area contributed by atoms with Crippen molar-refractivity contribution in [1.82, 2.24) is 4.72 Å². The van der Waals surface area contributed by atoms with Gasteiger partial charge >= 0.3 is 0 Å². The third-order valence-electron chi connectivity index (χ3n) is 3.18. The Kier molecular flexibility index (Phi) is 6.47. The number of halogens is 2. The van der Waals surface area contributed by atoms with Crippen LogP contribution in [0.25, 0.3) is 0 Å². The van der Waals surface area contributed by atoms with E-state index < -0.39 is 10.0 Å². The third kappa shape index (κ3) is 5.21. The highest BCUT2D eigenvalue weighted by molar-refractivity contribution is 7.98. The highest BCUT2D eigenvalue weighted by atomic mass is 35.5. The Morgan fingerprint density at radius 3 is 2.52 bits per heavy atom. The molecule has 0 aliphatic heterocycles. The monoisotopic (exact) mass is 373 g/mol. The summed E-state index contributed by atoms with van der Waals surface area (Å²) in [5.41, 5.74) is 1.45. The molecule has 0 amide bonds. The van der Waals surface area contributed by atoms with Crippen LogP contribution in [0.4, 0.5) is 4.39 Å². The predicted molar refractivity (Wildman–Crippen MR) is 93.9 cm³/mol. The van der Waals surface area contributed by atoms with Crippen LogP contribution in [0.5, 0.6) is 0 Å². The minimum Gasteiger partial charge on any atom is -0.210 e. The second kappa shape index (κ2) is 8.15. The van der Waals surface area contributed by atoms with E-state index in [4.69, 9.17) is 11.6 Å². The molecule has 3 nitrogen and oxygen atoms in total. The van der Waals surface area contributed by atoms with E-state index in [2.05, 4.69) is 4.72 Å². The smallest absolute Gasteiger partial charge is 0.210 e. The van der Waals surface area contributed by atoms with E-state index in [0.29, 0.717) is 22.1 Å². The lowest BCUT2D eigenvalue weighted by molar-refractivity contribution is 0.584. The van der Waals surface area contributed by atoms with Crippen molar-refractivity contribution < 1.29 is 12.8 Å². The molecule has 7 heteroatoms. The molecule has 0 bridgehead atoms. The summed E-state index contributed by atoms with van der Waals surface area (Å²) in [7, 11) is -3.50. The van der Waals surface area contributed by atoms with Crippen LogP contribution in [0.1, 0.15) is 11.1 Å². The van der Waals surface area contributed by atoms with Gasteiger partial charge < -0.3 is 0 Å². The van der Waals surface area contributed by atoms with E-state index in [1.165, 1.54) is 17.8 Å². The molecular weight excluding hydrogens is 357 g/mol. The lowest BCUT2D eigenvalue weighted by atomic mass is 10.2. The summed E-state index contributed by atoms with van der Waals surface area (Å²) in [5, 5.41) is 0.387. The van der Waals surface area contributed by atoms with Crippen LogP contribution in [0, 0.1) is 12.7 Å². The van der Waals surface area contributed by atoms with Crippen LogP contribution in [-0.2, 0) is 15.8 Å². The van der Waals surface area contributed by atoms with Crippen LogP contribution in [0.2, 0.25) is 5.02 Å². The van der Waals surface area contributed by atoms with Gasteiger partial charge in [0, 0.05) is 28.6 Å². The highest BCUT2D eigenvalue weighted by Gasteiger charge is 2.13. The topological polar surface area (TPSA) is 46.2 Å². The van der Waals surface area contributed by atoms with Gasteiger partial charge in [-0.3, -0.25) is 0 Å². The molecule has 0 spiro atoms. The SMILES string of the molecule is Cc1ccc(S(=O)(=O)NCCSCc2c(F)cccc2Cl)cc1. The van der Waals surface area contributed by atoms with Gasteiger partial charge in [-0.05, 0) is 31.2 Å². The van der Waals surface area contributed by atoms with Gasteiger partial charge in [0.25, 0.3) is 0 Å². The summed E-state index contributed by atoms with van der Waals surface area (Å²) < 4.78 is 40.3. The molecule has 0 atom stereocenters. The van der Waals surface area contributed by atoms with Crippen molar-refractivity contribution in [1.29, 1.82) is 0 Å².